The molecule has 2 saturated heterocycles. The van der Waals surface area contributed by atoms with Gasteiger partial charge in [0.05, 0.1) is 31.5 Å². The van der Waals surface area contributed by atoms with E-state index in [2.05, 4.69) is 11.0 Å². The molecule has 0 spiro atoms. The second kappa shape index (κ2) is 10.7. The molecule has 0 saturated carbocycles. The van der Waals surface area contributed by atoms with Crippen LogP contribution in [0.15, 0.2) is 54.7 Å². The van der Waals surface area contributed by atoms with Crippen molar-refractivity contribution < 1.29 is 14.2 Å². The van der Waals surface area contributed by atoms with Gasteiger partial charge < -0.3 is 19.1 Å². The molecule has 0 amide bonds. The maximum atomic E-state index is 6.00. The number of anilines is 1. The zero-order valence-electron chi connectivity index (χ0n) is 20.3. The number of nitrogens with zero attached hydrogens (tertiary/aromatic N) is 6. The van der Waals surface area contributed by atoms with Gasteiger partial charge in [-0.1, -0.05) is 42.5 Å². The lowest BCUT2D eigenvalue weighted by Crippen LogP contribution is -2.37. The maximum absolute atomic E-state index is 6.00. The van der Waals surface area contributed by atoms with Gasteiger partial charge in [0.2, 0.25) is 5.95 Å². The Morgan fingerprint density at radius 1 is 0.889 bits per heavy atom. The van der Waals surface area contributed by atoms with Crippen molar-refractivity contribution in [2.75, 3.05) is 37.8 Å². The Bertz CT molecular complexity index is 1300. The highest BCUT2D eigenvalue weighted by molar-refractivity contribution is 5.93. The molecule has 2 fully saturated rings. The average molecular weight is 487 g/mol. The van der Waals surface area contributed by atoms with Crippen LogP contribution in [0.4, 0.5) is 5.95 Å². The average Bonchev–Trinajstić information content (AvgIpc) is 3.39. The predicted molar refractivity (Wildman–Crippen MR) is 135 cm³/mol. The van der Waals surface area contributed by atoms with Crippen molar-refractivity contribution in [3.8, 4) is 11.4 Å². The van der Waals surface area contributed by atoms with Gasteiger partial charge in [0.25, 0.3) is 0 Å². The van der Waals surface area contributed by atoms with E-state index >= 15 is 0 Å². The summed E-state index contributed by atoms with van der Waals surface area (Å²) >= 11 is 0. The molecular weight excluding hydrogens is 456 g/mol. The quantitative estimate of drug-likeness (QED) is 0.385. The van der Waals surface area contributed by atoms with Crippen LogP contribution in [-0.4, -0.2) is 57.6 Å². The lowest BCUT2D eigenvalue weighted by molar-refractivity contribution is -0.0366. The smallest absolute Gasteiger partial charge is 0.229 e. The molecule has 9 heteroatoms. The number of hydrogen-bond donors (Lipinski definition) is 0. The second-order valence-corrected chi connectivity index (χ2v) is 9.10. The normalized spacial score (nSPS) is 18.6. The molecule has 4 aromatic rings. The van der Waals surface area contributed by atoms with Gasteiger partial charge in [0, 0.05) is 30.6 Å². The zero-order chi connectivity index (χ0) is 24.2. The first kappa shape index (κ1) is 23.0. The largest absolute Gasteiger partial charge is 0.378 e. The second-order valence-electron chi connectivity index (χ2n) is 9.10. The first-order valence-electron chi connectivity index (χ1n) is 12.6. The van der Waals surface area contributed by atoms with Crippen molar-refractivity contribution in [3.05, 3.63) is 66.1 Å². The Balaban J connectivity index is 1.33. The van der Waals surface area contributed by atoms with Crippen molar-refractivity contribution in [2.45, 2.75) is 38.7 Å². The molecule has 2 aromatic carbocycles. The molecule has 2 aliphatic heterocycles. The third kappa shape index (κ3) is 4.95. The predicted octanol–water partition coefficient (Wildman–Crippen LogP) is 4.14. The van der Waals surface area contributed by atoms with Gasteiger partial charge in [-0.2, -0.15) is 15.1 Å². The summed E-state index contributed by atoms with van der Waals surface area (Å²) in [5.74, 6) is 1.89. The fraction of sp³-hybridized carbons (Fsp3) is 0.407. The third-order valence-electron chi connectivity index (χ3n) is 6.62. The Kier molecular flexibility index (Phi) is 6.84. The maximum Gasteiger partial charge on any atom is 0.229 e. The van der Waals surface area contributed by atoms with Crippen LogP contribution in [-0.2, 0) is 27.4 Å². The molecule has 36 heavy (non-hydrogen) atoms. The van der Waals surface area contributed by atoms with E-state index in [4.69, 9.17) is 34.3 Å². The molecule has 4 heterocycles. The van der Waals surface area contributed by atoms with Crippen LogP contribution < -0.4 is 4.90 Å². The fourth-order valence-electron chi connectivity index (χ4n) is 4.74. The van der Waals surface area contributed by atoms with Crippen LogP contribution in [0.2, 0.25) is 0 Å². The molecule has 0 bridgehead atoms. The molecule has 9 nitrogen and oxygen atoms in total. The number of rotatable bonds is 7. The van der Waals surface area contributed by atoms with Gasteiger partial charge >= 0.3 is 0 Å². The molecule has 1 unspecified atom stereocenters. The summed E-state index contributed by atoms with van der Waals surface area (Å²) in [6.07, 6.45) is 5.08. The molecule has 0 radical (unpaired) electrons. The third-order valence-corrected chi connectivity index (χ3v) is 6.62. The van der Waals surface area contributed by atoms with Crippen LogP contribution in [0.3, 0.4) is 0 Å². The van der Waals surface area contributed by atoms with E-state index in [0.29, 0.717) is 44.0 Å². The Morgan fingerprint density at radius 3 is 2.61 bits per heavy atom. The zero-order valence-corrected chi connectivity index (χ0v) is 20.3. The minimum atomic E-state index is -0.0317. The van der Waals surface area contributed by atoms with Crippen molar-refractivity contribution in [3.63, 3.8) is 0 Å². The van der Waals surface area contributed by atoms with E-state index in [1.165, 1.54) is 0 Å². The van der Waals surface area contributed by atoms with Gasteiger partial charge in [-0.05, 0) is 30.9 Å². The first-order chi connectivity index (χ1) is 17.8. The van der Waals surface area contributed by atoms with E-state index in [-0.39, 0.29) is 6.23 Å². The van der Waals surface area contributed by atoms with Crippen LogP contribution in [0.1, 0.15) is 36.9 Å². The SMILES string of the molecule is c1ccc(COCc2nc(-c3cccc4c3cnn4C3CCCCO3)nc(N3CCOCC3)n2)cc1. The summed E-state index contributed by atoms with van der Waals surface area (Å²) in [7, 11) is 0. The summed E-state index contributed by atoms with van der Waals surface area (Å²) in [6, 6.07) is 16.3. The first-order valence-corrected chi connectivity index (χ1v) is 12.6. The molecule has 6 rings (SSSR count). The number of benzene rings is 2. The van der Waals surface area contributed by atoms with Crippen LogP contribution in [0.25, 0.3) is 22.3 Å². The van der Waals surface area contributed by atoms with Crippen LogP contribution in [0, 0.1) is 0 Å². The molecule has 186 valence electrons. The van der Waals surface area contributed by atoms with E-state index in [1.807, 2.05) is 53.3 Å². The standard InChI is InChI=1S/C27H30N6O3/c1-2-7-20(8-3-1)18-35-19-24-29-26(31-27(30-24)32-12-15-34-16-13-32)21-9-6-10-23-22(21)17-28-33(23)25-11-4-5-14-36-25/h1-3,6-10,17,25H,4-5,11-16,18-19H2. The Labute approximate surface area is 210 Å². The van der Waals surface area contributed by atoms with Crippen molar-refractivity contribution in [1.29, 1.82) is 0 Å². The highest BCUT2D eigenvalue weighted by atomic mass is 16.5. The van der Waals surface area contributed by atoms with Crippen molar-refractivity contribution in [2.24, 2.45) is 0 Å². The Hall–Kier alpha value is -3.40. The Morgan fingerprint density at radius 2 is 1.78 bits per heavy atom. The summed E-state index contributed by atoms with van der Waals surface area (Å²) in [5.41, 5.74) is 3.06. The molecule has 2 aromatic heterocycles. The highest BCUT2D eigenvalue weighted by Crippen LogP contribution is 2.31. The summed E-state index contributed by atoms with van der Waals surface area (Å²) in [6.45, 7) is 4.37. The van der Waals surface area contributed by atoms with E-state index in [0.717, 1.165) is 61.0 Å². The van der Waals surface area contributed by atoms with Gasteiger partial charge in [-0.3, -0.25) is 0 Å². The minimum absolute atomic E-state index is 0.0317. The number of morpholine rings is 1. The lowest BCUT2D eigenvalue weighted by Gasteiger charge is -2.27. The number of ether oxygens (including phenoxy) is 3. The lowest BCUT2D eigenvalue weighted by atomic mass is 10.1. The van der Waals surface area contributed by atoms with Crippen LogP contribution >= 0.6 is 0 Å². The fourth-order valence-corrected chi connectivity index (χ4v) is 4.74. The van der Waals surface area contributed by atoms with Crippen LogP contribution in [0.5, 0.6) is 0 Å². The molecule has 0 N–H and O–H groups in total. The topological polar surface area (TPSA) is 87.4 Å². The molecule has 2 aliphatic rings. The summed E-state index contributed by atoms with van der Waals surface area (Å²) in [4.78, 5) is 16.6. The van der Waals surface area contributed by atoms with E-state index in [9.17, 15) is 0 Å². The van der Waals surface area contributed by atoms with E-state index < -0.39 is 0 Å². The molecular formula is C27H30N6O3. The van der Waals surface area contributed by atoms with Crippen molar-refractivity contribution >= 4 is 16.9 Å². The van der Waals surface area contributed by atoms with Gasteiger partial charge in [-0.15, -0.1) is 0 Å². The number of hydrogen-bond acceptors (Lipinski definition) is 8. The monoisotopic (exact) mass is 486 g/mol. The van der Waals surface area contributed by atoms with Gasteiger partial charge in [-0.25, -0.2) is 9.67 Å². The van der Waals surface area contributed by atoms with Gasteiger partial charge in [0.15, 0.2) is 17.9 Å². The number of aromatic nitrogens is 5. The van der Waals surface area contributed by atoms with E-state index in [1.54, 1.807) is 0 Å². The highest BCUT2D eigenvalue weighted by Gasteiger charge is 2.22. The molecule has 0 aliphatic carbocycles. The number of fused-ring (bicyclic) bond motifs is 1. The van der Waals surface area contributed by atoms with Gasteiger partial charge in [0.1, 0.15) is 6.61 Å². The molecule has 1 atom stereocenters. The minimum Gasteiger partial charge on any atom is -0.378 e. The summed E-state index contributed by atoms with van der Waals surface area (Å²) < 4.78 is 19.5. The van der Waals surface area contributed by atoms with Crippen molar-refractivity contribution in [1.82, 2.24) is 24.7 Å². The summed E-state index contributed by atoms with van der Waals surface area (Å²) in [5, 5.41) is 5.69.